The fourth-order valence-corrected chi connectivity index (χ4v) is 3.83. The summed E-state index contributed by atoms with van der Waals surface area (Å²) in [6.45, 7) is 8.68. The Balaban J connectivity index is 1.59. The van der Waals surface area contributed by atoms with Crippen LogP contribution in [0.25, 0.3) is 0 Å². The molecular weight excluding hydrogens is 456 g/mol. The third-order valence-corrected chi connectivity index (χ3v) is 6.02. The van der Waals surface area contributed by atoms with E-state index in [0.29, 0.717) is 12.4 Å². The largest absolute Gasteiger partial charge is 0.404 e. The van der Waals surface area contributed by atoms with Crippen molar-refractivity contribution in [3.05, 3.63) is 70.6 Å². The Kier molecular flexibility index (Phi) is 10.2. The van der Waals surface area contributed by atoms with E-state index in [2.05, 4.69) is 25.8 Å². The van der Waals surface area contributed by atoms with Crippen LogP contribution in [0.2, 0.25) is 0 Å². The molecule has 10 heteroatoms. The van der Waals surface area contributed by atoms with Gasteiger partial charge in [0, 0.05) is 62.7 Å². The molecule has 10 nitrogen and oxygen atoms in total. The number of aliphatic imine (C=N–C) groups is 1. The van der Waals surface area contributed by atoms with Crippen molar-refractivity contribution in [1.82, 2.24) is 20.9 Å². The number of rotatable bonds is 11. The van der Waals surface area contributed by atoms with Gasteiger partial charge in [0.05, 0.1) is 37.3 Å². The summed E-state index contributed by atoms with van der Waals surface area (Å²) >= 11 is 0. The molecular formula is C26H38N8O2. The molecule has 1 atom stereocenters. The highest BCUT2D eigenvalue weighted by Gasteiger charge is 2.18. The van der Waals surface area contributed by atoms with Gasteiger partial charge in [-0.2, -0.15) is 0 Å². The minimum Gasteiger partial charge on any atom is -0.404 e. The first-order chi connectivity index (χ1) is 17.4. The van der Waals surface area contributed by atoms with Gasteiger partial charge in [-0.3, -0.25) is 15.3 Å². The zero-order chi connectivity index (χ0) is 25.9. The van der Waals surface area contributed by atoms with Gasteiger partial charge in [0.15, 0.2) is 0 Å². The number of methoxy groups -OCH3 is 1. The second-order valence-electron chi connectivity index (χ2n) is 8.96. The van der Waals surface area contributed by atoms with Crippen LogP contribution in [0.3, 0.4) is 0 Å². The molecule has 0 aliphatic carbocycles. The number of fused-ring (bicyclic) bond motifs is 1. The topological polar surface area (TPSA) is 144 Å². The fraction of sp³-hybridized carbons (Fsp3) is 0.423. The summed E-state index contributed by atoms with van der Waals surface area (Å²) < 4.78 is 11.0. The lowest BCUT2D eigenvalue weighted by molar-refractivity contribution is 0.00551. The molecule has 0 aromatic rings. The Hall–Kier alpha value is -3.47. The molecule has 36 heavy (non-hydrogen) atoms. The maximum atomic E-state index is 8.23. The molecule has 3 heterocycles. The SMILES string of the molecule is COC(CN=CC(=CN)C1=CNC2=CC=C(NC(=N)C=C(C=N)C(C)C)NC2=C1)CN1CCOCC1. The highest BCUT2D eigenvalue weighted by molar-refractivity contribution is 5.97. The second-order valence-corrected chi connectivity index (χ2v) is 8.96. The summed E-state index contributed by atoms with van der Waals surface area (Å²) in [5.74, 6) is 1.04. The average Bonchev–Trinajstić information content (AvgIpc) is 2.89. The van der Waals surface area contributed by atoms with Crippen LogP contribution in [-0.2, 0) is 9.47 Å². The highest BCUT2D eigenvalue weighted by atomic mass is 16.5. The van der Waals surface area contributed by atoms with Crippen molar-refractivity contribution in [2.45, 2.75) is 20.0 Å². The molecule has 0 spiro atoms. The number of nitrogens with one attached hydrogen (secondary N) is 5. The molecule has 3 rings (SSSR count). The minimum atomic E-state index is -0.00302. The van der Waals surface area contributed by atoms with E-state index >= 15 is 0 Å². The molecule has 0 bridgehead atoms. The van der Waals surface area contributed by atoms with Gasteiger partial charge in [0.25, 0.3) is 0 Å². The van der Waals surface area contributed by atoms with E-state index in [1.165, 1.54) is 12.4 Å². The van der Waals surface area contributed by atoms with Crippen LogP contribution in [0.1, 0.15) is 13.8 Å². The van der Waals surface area contributed by atoms with Gasteiger partial charge in [-0.25, -0.2) is 0 Å². The molecule has 194 valence electrons. The van der Waals surface area contributed by atoms with Crippen molar-refractivity contribution in [3.63, 3.8) is 0 Å². The zero-order valence-electron chi connectivity index (χ0n) is 21.3. The predicted octanol–water partition coefficient (Wildman–Crippen LogP) is 1.75. The van der Waals surface area contributed by atoms with Crippen LogP contribution in [-0.4, -0.2) is 75.8 Å². The molecule has 3 aliphatic rings. The normalized spacial score (nSPS) is 19.9. The number of hydrogen-bond acceptors (Lipinski definition) is 9. The summed E-state index contributed by atoms with van der Waals surface area (Å²) in [5, 5.41) is 25.4. The maximum absolute atomic E-state index is 8.23. The first-order valence-electron chi connectivity index (χ1n) is 12.1. The Labute approximate surface area is 213 Å². The van der Waals surface area contributed by atoms with Gasteiger partial charge in [-0.15, -0.1) is 0 Å². The van der Waals surface area contributed by atoms with Crippen molar-refractivity contribution < 1.29 is 9.47 Å². The summed E-state index contributed by atoms with van der Waals surface area (Å²) in [4.78, 5) is 6.93. The summed E-state index contributed by atoms with van der Waals surface area (Å²) in [6.07, 6.45) is 13.9. The molecule has 1 unspecified atom stereocenters. The van der Waals surface area contributed by atoms with Crippen LogP contribution < -0.4 is 21.7 Å². The lowest BCUT2D eigenvalue weighted by Crippen LogP contribution is -2.42. The molecule has 0 radical (unpaired) electrons. The highest BCUT2D eigenvalue weighted by Crippen LogP contribution is 2.21. The van der Waals surface area contributed by atoms with Gasteiger partial charge in [-0.05, 0) is 35.8 Å². The molecule has 0 saturated carbocycles. The summed E-state index contributed by atoms with van der Waals surface area (Å²) in [6, 6.07) is 0. The standard InChI is InChI=1S/C26H38N8O2/c1-18(2)19(12-27)11-25(29)33-26-5-4-23-24(32-26)10-20(15-31-23)21(13-28)14-30-16-22(35-3)17-34-6-8-36-9-7-34/h4-5,10-15,18,22,27,31-32H,6-9,16-17,28H2,1-3H3,(H2,29,33). The third kappa shape index (κ3) is 7.77. The Morgan fingerprint density at radius 3 is 2.75 bits per heavy atom. The molecule has 0 aromatic carbocycles. The molecule has 1 fully saturated rings. The van der Waals surface area contributed by atoms with Crippen molar-refractivity contribution >= 4 is 18.3 Å². The van der Waals surface area contributed by atoms with E-state index in [-0.39, 0.29) is 17.9 Å². The van der Waals surface area contributed by atoms with E-state index in [1.54, 1.807) is 19.4 Å². The zero-order valence-corrected chi connectivity index (χ0v) is 21.3. The number of nitrogens with two attached hydrogens (primary N) is 1. The van der Waals surface area contributed by atoms with E-state index in [9.17, 15) is 0 Å². The molecule has 3 aliphatic heterocycles. The van der Waals surface area contributed by atoms with Crippen molar-refractivity contribution in [3.8, 4) is 0 Å². The lowest BCUT2D eigenvalue weighted by Gasteiger charge is -2.29. The number of ether oxygens (including phenoxy) is 2. The first kappa shape index (κ1) is 27.1. The molecule has 1 saturated heterocycles. The fourth-order valence-electron chi connectivity index (χ4n) is 3.83. The van der Waals surface area contributed by atoms with Crippen molar-refractivity contribution in [2.24, 2.45) is 16.6 Å². The van der Waals surface area contributed by atoms with Gasteiger partial charge in [0.1, 0.15) is 11.7 Å². The number of hydrogen-bond donors (Lipinski definition) is 6. The molecule has 0 amide bonds. The smallest absolute Gasteiger partial charge is 0.123 e. The summed E-state index contributed by atoms with van der Waals surface area (Å²) in [5.41, 5.74) is 10.1. The van der Waals surface area contributed by atoms with Crippen LogP contribution in [0.4, 0.5) is 0 Å². The van der Waals surface area contributed by atoms with Gasteiger partial charge in [-0.1, -0.05) is 13.8 Å². The van der Waals surface area contributed by atoms with Crippen molar-refractivity contribution in [2.75, 3.05) is 46.5 Å². The number of morpholine rings is 1. The van der Waals surface area contributed by atoms with Crippen LogP contribution in [0.5, 0.6) is 0 Å². The van der Waals surface area contributed by atoms with E-state index < -0.39 is 0 Å². The van der Waals surface area contributed by atoms with Gasteiger partial charge < -0.3 is 36.6 Å². The number of allylic oxidation sites excluding steroid dienone is 6. The summed E-state index contributed by atoms with van der Waals surface area (Å²) in [7, 11) is 1.71. The van der Waals surface area contributed by atoms with Crippen LogP contribution >= 0.6 is 0 Å². The third-order valence-electron chi connectivity index (χ3n) is 6.02. The lowest BCUT2D eigenvalue weighted by atomic mass is 10.0. The Bertz CT molecular complexity index is 1030. The molecule has 0 aromatic heterocycles. The molecule has 7 N–H and O–H groups in total. The quantitative estimate of drug-likeness (QED) is 0.190. The van der Waals surface area contributed by atoms with E-state index in [4.69, 9.17) is 26.0 Å². The monoisotopic (exact) mass is 494 g/mol. The Morgan fingerprint density at radius 2 is 2.08 bits per heavy atom. The predicted molar refractivity (Wildman–Crippen MR) is 145 cm³/mol. The van der Waals surface area contributed by atoms with Crippen LogP contribution in [0, 0.1) is 16.7 Å². The first-order valence-corrected chi connectivity index (χ1v) is 12.1. The number of dihydropyridines is 2. The van der Waals surface area contributed by atoms with E-state index in [1.807, 2.05) is 38.3 Å². The minimum absolute atomic E-state index is 0.00302. The number of nitrogens with zero attached hydrogens (tertiary/aromatic N) is 2. The van der Waals surface area contributed by atoms with Gasteiger partial charge >= 0.3 is 0 Å². The van der Waals surface area contributed by atoms with Crippen molar-refractivity contribution in [1.29, 1.82) is 10.8 Å². The van der Waals surface area contributed by atoms with E-state index in [0.717, 1.165) is 61.0 Å². The van der Waals surface area contributed by atoms with Crippen LogP contribution in [0.15, 0.2) is 75.6 Å². The number of amidine groups is 1. The maximum Gasteiger partial charge on any atom is 0.123 e. The second kappa shape index (κ2) is 13.6. The average molecular weight is 495 g/mol. The Morgan fingerprint density at radius 1 is 1.31 bits per heavy atom. The van der Waals surface area contributed by atoms with Gasteiger partial charge in [0.2, 0.25) is 0 Å².